The SMILES string of the molecule is C[C@H](NCc1cc([N+](=O)[O-])ccc1Cl)c1cccc(Cl)c1. The number of nitrogens with zero attached hydrogens (tertiary/aromatic N) is 1. The molecule has 0 unspecified atom stereocenters. The van der Waals surface area contributed by atoms with Crippen LogP contribution in [0.2, 0.25) is 10.0 Å². The summed E-state index contributed by atoms with van der Waals surface area (Å²) in [6, 6.07) is 12.0. The van der Waals surface area contributed by atoms with Crippen molar-refractivity contribution in [3.63, 3.8) is 0 Å². The number of halogens is 2. The van der Waals surface area contributed by atoms with Crippen LogP contribution in [0.15, 0.2) is 42.5 Å². The van der Waals surface area contributed by atoms with E-state index in [-0.39, 0.29) is 11.7 Å². The number of rotatable bonds is 5. The summed E-state index contributed by atoms with van der Waals surface area (Å²) < 4.78 is 0. The Morgan fingerprint density at radius 2 is 2.00 bits per heavy atom. The summed E-state index contributed by atoms with van der Waals surface area (Å²) >= 11 is 12.0. The third-order valence-electron chi connectivity index (χ3n) is 3.19. The highest BCUT2D eigenvalue weighted by atomic mass is 35.5. The highest BCUT2D eigenvalue weighted by Gasteiger charge is 2.11. The molecule has 1 N–H and O–H groups in total. The van der Waals surface area contributed by atoms with Crippen LogP contribution in [-0.2, 0) is 6.54 Å². The molecule has 0 saturated heterocycles. The van der Waals surface area contributed by atoms with Crippen LogP contribution in [-0.4, -0.2) is 4.92 Å². The van der Waals surface area contributed by atoms with E-state index in [1.54, 1.807) is 6.07 Å². The van der Waals surface area contributed by atoms with E-state index in [9.17, 15) is 10.1 Å². The average Bonchev–Trinajstić information content (AvgIpc) is 2.45. The van der Waals surface area contributed by atoms with Crippen molar-refractivity contribution in [2.45, 2.75) is 19.5 Å². The number of hydrogen-bond acceptors (Lipinski definition) is 3. The first-order valence-corrected chi connectivity index (χ1v) is 7.14. The minimum Gasteiger partial charge on any atom is -0.306 e. The van der Waals surface area contributed by atoms with Crippen molar-refractivity contribution in [1.82, 2.24) is 5.32 Å². The zero-order valence-corrected chi connectivity index (χ0v) is 12.9. The van der Waals surface area contributed by atoms with Crippen LogP contribution in [0.1, 0.15) is 24.1 Å². The predicted molar refractivity (Wildman–Crippen MR) is 84.8 cm³/mol. The van der Waals surface area contributed by atoms with E-state index in [0.29, 0.717) is 22.2 Å². The highest BCUT2D eigenvalue weighted by molar-refractivity contribution is 6.31. The molecule has 21 heavy (non-hydrogen) atoms. The second kappa shape index (κ2) is 6.89. The molecule has 6 heteroatoms. The Kier molecular flexibility index (Phi) is 5.17. The second-order valence-electron chi connectivity index (χ2n) is 4.69. The summed E-state index contributed by atoms with van der Waals surface area (Å²) in [5, 5.41) is 15.3. The zero-order chi connectivity index (χ0) is 15.4. The van der Waals surface area contributed by atoms with Crippen molar-refractivity contribution >= 4 is 28.9 Å². The summed E-state index contributed by atoms with van der Waals surface area (Å²) in [5.41, 5.74) is 1.77. The topological polar surface area (TPSA) is 55.2 Å². The van der Waals surface area contributed by atoms with Crippen molar-refractivity contribution in [2.24, 2.45) is 0 Å². The Bertz CT molecular complexity index is 662. The number of nitro benzene ring substituents is 1. The minimum atomic E-state index is -0.430. The van der Waals surface area contributed by atoms with Gasteiger partial charge in [-0.05, 0) is 36.2 Å². The van der Waals surface area contributed by atoms with Gasteiger partial charge in [-0.2, -0.15) is 0 Å². The molecule has 0 saturated carbocycles. The Morgan fingerprint density at radius 3 is 2.67 bits per heavy atom. The summed E-state index contributed by atoms with van der Waals surface area (Å²) in [5.74, 6) is 0. The fourth-order valence-electron chi connectivity index (χ4n) is 1.97. The predicted octanol–water partition coefficient (Wildman–Crippen LogP) is 4.75. The third kappa shape index (κ3) is 4.17. The van der Waals surface area contributed by atoms with Gasteiger partial charge in [0.25, 0.3) is 5.69 Å². The quantitative estimate of drug-likeness (QED) is 0.637. The van der Waals surface area contributed by atoms with E-state index >= 15 is 0 Å². The molecule has 0 spiro atoms. The van der Waals surface area contributed by atoms with Gasteiger partial charge < -0.3 is 5.32 Å². The van der Waals surface area contributed by atoms with Gasteiger partial charge in [0.2, 0.25) is 0 Å². The fourth-order valence-corrected chi connectivity index (χ4v) is 2.35. The van der Waals surface area contributed by atoms with Crippen LogP contribution in [0.4, 0.5) is 5.69 Å². The molecule has 110 valence electrons. The van der Waals surface area contributed by atoms with Gasteiger partial charge in [-0.15, -0.1) is 0 Å². The monoisotopic (exact) mass is 324 g/mol. The summed E-state index contributed by atoms with van der Waals surface area (Å²) in [7, 11) is 0. The molecular weight excluding hydrogens is 311 g/mol. The largest absolute Gasteiger partial charge is 0.306 e. The van der Waals surface area contributed by atoms with Gasteiger partial charge in [-0.3, -0.25) is 10.1 Å². The number of hydrogen-bond donors (Lipinski definition) is 1. The molecule has 0 aliphatic carbocycles. The molecule has 4 nitrogen and oxygen atoms in total. The van der Waals surface area contributed by atoms with E-state index in [1.165, 1.54) is 12.1 Å². The van der Waals surface area contributed by atoms with Crippen LogP contribution in [0, 0.1) is 10.1 Å². The van der Waals surface area contributed by atoms with Crippen molar-refractivity contribution in [2.75, 3.05) is 0 Å². The minimum absolute atomic E-state index is 0.0339. The van der Waals surface area contributed by atoms with E-state index in [2.05, 4.69) is 5.32 Å². The van der Waals surface area contributed by atoms with Gasteiger partial charge in [-0.1, -0.05) is 35.3 Å². The van der Waals surface area contributed by atoms with E-state index < -0.39 is 4.92 Å². The van der Waals surface area contributed by atoms with Crippen molar-refractivity contribution in [3.05, 3.63) is 73.8 Å². The Balaban J connectivity index is 2.09. The van der Waals surface area contributed by atoms with Gasteiger partial charge in [0, 0.05) is 34.8 Å². The molecule has 2 rings (SSSR count). The van der Waals surface area contributed by atoms with E-state index in [1.807, 2.05) is 31.2 Å². The first kappa shape index (κ1) is 15.8. The molecule has 0 heterocycles. The van der Waals surface area contributed by atoms with Gasteiger partial charge in [0.15, 0.2) is 0 Å². The maximum absolute atomic E-state index is 10.8. The number of nitro groups is 1. The maximum atomic E-state index is 10.8. The van der Waals surface area contributed by atoms with Crippen LogP contribution < -0.4 is 5.32 Å². The fraction of sp³-hybridized carbons (Fsp3) is 0.200. The first-order valence-electron chi connectivity index (χ1n) is 6.39. The molecule has 2 aromatic carbocycles. The van der Waals surface area contributed by atoms with E-state index in [4.69, 9.17) is 23.2 Å². The Hall–Kier alpha value is -1.62. The van der Waals surface area contributed by atoms with Gasteiger partial charge in [-0.25, -0.2) is 0 Å². The zero-order valence-electron chi connectivity index (χ0n) is 11.3. The number of nitrogens with one attached hydrogen (secondary N) is 1. The molecule has 0 aliphatic heterocycles. The first-order chi connectivity index (χ1) is 9.97. The molecule has 0 aromatic heterocycles. The molecule has 0 bridgehead atoms. The molecule has 0 aliphatic rings. The Labute approximate surface area is 132 Å². The lowest BCUT2D eigenvalue weighted by Gasteiger charge is -2.15. The van der Waals surface area contributed by atoms with Crippen LogP contribution >= 0.6 is 23.2 Å². The molecule has 0 radical (unpaired) electrons. The molecule has 1 atom stereocenters. The van der Waals surface area contributed by atoms with Crippen LogP contribution in [0.25, 0.3) is 0 Å². The standard InChI is InChI=1S/C15H14Cl2N2O2/c1-10(11-3-2-4-13(16)7-11)18-9-12-8-14(19(20)21)5-6-15(12)17/h2-8,10,18H,9H2,1H3/t10-/m0/s1. The summed E-state index contributed by atoms with van der Waals surface area (Å²) in [4.78, 5) is 10.4. The molecule has 2 aromatic rings. The van der Waals surface area contributed by atoms with E-state index in [0.717, 1.165) is 5.56 Å². The molecular formula is C15H14Cl2N2O2. The lowest BCUT2D eigenvalue weighted by molar-refractivity contribution is -0.384. The normalized spacial score (nSPS) is 12.1. The number of benzene rings is 2. The summed E-state index contributed by atoms with van der Waals surface area (Å²) in [6.45, 7) is 2.44. The number of non-ortho nitro benzene ring substituents is 1. The van der Waals surface area contributed by atoms with Crippen molar-refractivity contribution < 1.29 is 4.92 Å². The third-order valence-corrected chi connectivity index (χ3v) is 3.79. The lowest BCUT2D eigenvalue weighted by Crippen LogP contribution is -2.18. The van der Waals surface area contributed by atoms with Gasteiger partial charge >= 0.3 is 0 Å². The molecule has 0 amide bonds. The van der Waals surface area contributed by atoms with Crippen LogP contribution in [0.3, 0.4) is 0 Å². The van der Waals surface area contributed by atoms with Gasteiger partial charge in [0.05, 0.1) is 4.92 Å². The Morgan fingerprint density at radius 1 is 1.24 bits per heavy atom. The maximum Gasteiger partial charge on any atom is 0.269 e. The summed E-state index contributed by atoms with van der Waals surface area (Å²) in [6.07, 6.45) is 0. The lowest BCUT2D eigenvalue weighted by atomic mass is 10.1. The molecule has 0 fully saturated rings. The van der Waals surface area contributed by atoms with Crippen molar-refractivity contribution in [3.8, 4) is 0 Å². The van der Waals surface area contributed by atoms with Crippen LogP contribution in [0.5, 0.6) is 0 Å². The van der Waals surface area contributed by atoms with Crippen molar-refractivity contribution in [1.29, 1.82) is 0 Å². The smallest absolute Gasteiger partial charge is 0.269 e. The second-order valence-corrected chi connectivity index (χ2v) is 5.53. The van der Waals surface area contributed by atoms with Gasteiger partial charge in [0.1, 0.15) is 0 Å². The average molecular weight is 325 g/mol. The highest BCUT2D eigenvalue weighted by Crippen LogP contribution is 2.23.